The van der Waals surface area contributed by atoms with Gasteiger partial charge in [-0.25, -0.2) is 4.79 Å². The van der Waals surface area contributed by atoms with E-state index in [1.807, 2.05) is 41.8 Å². The highest BCUT2D eigenvalue weighted by Gasteiger charge is 2.21. The average molecular weight is 312 g/mol. The number of carbonyl (C=O) groups is 1. The molecule has 0 saturated heterocycles. The summed E-state index contributed by atoms with van der Waals surface area (Å²) in [6.07, 6.45) is 0. The van der Waals surface area contributed by atoms with Crippen LogP contribution in [0.15, 0.2) is 46.3 Å². The Kier molecular flexibility index (Phi) is 3.81. The van der Waals surface area contributed by atoms with Crippen LogP contribution >= 0.6 is 27.3 Å². The Morgan fingerprint density at radius 3 is 2.65 bits per heavy atom. The molecule has 2 N–H and O–H groups in total. The lowest BCUT2D eigenvalue weighted by Crippen LogP contribution is -2.19. The SMILES string of the molecule is O=C(O)C(Nc1ccccc1Br)c1cccs1. The van der Waals surface area contributed by atoms with E-state index < -0.39 is 12.0 Å². The molecule has 0 amide bonds. The molecule has 0 aliphatic carbocycles. The number of nitrogens with one attached hydrogen (secondary N) is 1. The first kappa shape index (κ1) is 12.1. The Morgan fingerprint density at radius 2 is 2.06 bits per heavy atom. The van der Waals surface area contributed by atoms with E-state index in [0.29, 0.717) is 0 Å². The van der Waals surface area contributed by atoms with Gasteiger partial charge in [-0.1, -0.05) is 18.2 Å². The molecule has 2 aromatic rings. The minimum Gasteiger partial charge on any atom is -0.479 e. The minimum atomic E-state index is -0.886. The van der Waals surface area contributed by atoms with Crippen molar-refractivity contribution >= 4 is 38.9 Å². The summed E-state index contributed by atoms with van der Waals surface area (Å²) in [6, 6.07) is 10.4. The minimum absolute atomic E-state index is 0.714. The molecule has 0 spiro atoms. The zero-order chi connectivity index (χ0) is 12.3. The highest BCUT2D eigenvalue weighted by molar-refractivity contribution is 9.10. The van der Waals surface area contributed by atoms with Crippen LogP contribution in [0.5, 0.6) is 0 Å². The molecule has 0 bridgehead atoms. The Morgan fingerprint density at radius 1 is 1.29 bits per heavy atom. The van der Waals surface area contributed by atoms with Gasteiger partial charge in [0.2, 0.25) is 0 Å². The van der Waals surface area contributed by atoms with Crippen LogP contribution in [0.1, 0.15) is 10.9 Å². The molecule has 0 saturated carbocycles. The highest BCUT2D eigenvalue weighted by Crippen LogP contribution is 2.28. The molecule has 1 aromatic heterocycles. The summed E-state index contributed by atoms with van der Waals surface area (Å²) in [7, 11) is 0. The summed E-state index contributed by atoms with van der Waals surface area (Å²) in [4.78, 5) is 12.0. The van der Waals surface area contributed by atoms with Gasteiger partial charge in [0, 0.05) is 15.0 Å². The van der Waals surface area contributed by atoms with Gasteiger partial charge < -0.3 is 10.4 Å². The Hall–Kier alpha value is -1.33. The topological polar surface area (TPSA) is 49.3 Å². The fraction of sp³-hybridized carbons (Fsp3) is 0.0833. The van der Waals surface area contributed by atoms with Crippen LogP contribution in [-0.4, -0.2) is 11.1 Å². The van der Waals surface area contributed by atoms with Gasteiger partial charge in [-0.05, 0) is 39.5 Å². The molecule has 0 radical (unpaired) electrons. The molecule has 1 aromatic carbocycles. The van der Waals surface area contributed by atoms with Crippen LogP contribution in [0.25, 0.3) is 0 Å². The van der Waals surface area contributed by atoms with Crippen molar-refractivity contribution in [2.75, 3.05) is 5.32 Å². The number of hydrogen-bond acceptors (Lipinski definition) is 3. The monoisotopic (exact) mass is 311 g/mol. The summed E-state index contributed by atoms with van der Waals surface area (Å²) in [5.74, 6) is -0.886. The molecule has 0 aliphatic rings. The Balaban J connectivity index is 2.26. The van der Waals surface area contributed by atoms with Crippen LogP contribution in [-0.2, 0) is 4.79 Å². The van der Waals surface area contributed by atoms with E-state index in [2.05, 4.69) is 21.2 Å². The molecule has 1 atom stereocenters. The fourth-order valence-corrected chi connectivity index (χ4v) is 2.61. The van der Waals surface area contributed by atoms with Gasteiger partial charge in [-0.15, -0.1) is 11.3 Å². The third-order valence-corrected chi connectivity index (χ3v) is 3.88. The van der Waals surface area contributed by atoms with Crippen LogP contribution in [0, 0.1) is 0 Å². The summed E-state index contributed by atoms with van der Waals surface area (Å²) in [5.41, 5.74) is 0.772. The van der Waals surface area contributed by atoms with Gasteiger partial charge >= 0.3 is 5.97 Å². The zero-order valence-corrected chi connectivity index (χ0v) is 11.2. The number of benzene rings is 1. The van der Waals surface area contributed by atoms with Gasteiger partial charge in [-0.3, -0.25) is 0 Å². The van der Waals surface area contributed by atoms with Crippen molar-refractivity contribution in [1.29, 1.82) is 0 Å². The quantitative estimate of drug-likeness (QED) is 0.904. The normalized spacial score (nSPS) is 12.1. The van der Waals surface area contributed by atoms with Crippen LogP contribution in [0.3, 0.4) is 0 Å². The van der Waals surface area contributed by atoms with Crippen molar-refractivity contribution in [2.24, 2.45) is 0 Å². The van der Waals surface area contributed by atoms with Crippen LogP contribution in [0.4, 0.5) is 5.69 Å². The number of carboxylic acid groups (broad SMARTS) is 1. The number of hydrogen-bond donors (Lipinski definition) is 2. The van der Waals surface area contributed by atoms with E-state index in [4.69, 9.17) is 0 Å². The molecule has 88 valence electrons. The summed E-state index contributed by atoms with van der Waals surface area (Å²) in [5, 5.41) is 14.1. The van der Waals surface area contributed by atoms with Crippen LogP contribution < -0.4 is 5.32 Å². The second kappa shape index (κ2) is 5.33. The number of carboxylic acids is 1. The van der Waals surface area contributed by atoms with E-state index >= 15 is 0 Å². The maximum Gasteiger partial charge on any atom is 0.331 e. The molecular formula is C12H10BrNO2S. The first-order valence-corrected chi connectivity index (χ1v) is 6.63. The second-order valence-corrected chi connectivity index (χ2v) is 5.24. The summed E-state index contributed by atoms with van der Waals surface area (Å²) in [6.45, 7) is 0. The van der Waals surface area contributed by atoms with Gasteiger partial charge in [0.05, 0.1) is 0 Å². The molecule has 3 nitrogen and oxygen atoms in total. The highest BCUT2D eigenvalue weighted by atomic mass is 79.9. The van der Waals surface area contributed by atoms with Crippen LogP contribution in [0.2, 0.25) is 0 Å². The molecule has 17 heavy (non-hydrogen) atoms. The molecule has 2 rings (SSSR count). The average Bonchev–Trinajstić information content (AvgIpc) is 2.81. The number of rotatable bonds is 4. The molecule has 0 aliphatic heterocycles. The number of para-hydroxylation sites is 1. The van der Waals surface area contributed by atoms with E-state index in [0.717, 1.165) is 15.0 Å². The van der Waals surface area contributed by atoms with Crippen molar-refractivity contribution in [3.63, 3.8) is 0 Å². The smallest absolute Gasteiger partial charge is 0.331 e. The number of anilines is 1. The lowest BCUT2D eigenvalue weighted by molar-refractivity contribution is -0.138. The molecular weight excluding hydrogens is 302 g/mol. The molecule has 0 fully saturated rings. The second-order valence-electron chi connectivity index (χ2n) is 3.41. The van der Waals surface area contributed by atoms with Crippen molar-refractivity contribution < 1.29 is 9.90 Å². The maximum atomic E-state index is 11.2. The van der Waals surface area contributed by atoms with E-state index in [1.54, 1.807) is 0 Å². The third kappa shape index (κ3) is 2.87. The molecule has 1 heterocycles. The van der Waals surface area contributed by atoms with Crippen molar-refractivity contribution in [1.82, 2.24) is 0 Å². The summed E-state index contributed by atoms with van der Waals surface area (Å²) >= 11 is 4.81. The first-order valence-electron chi connectivity index (χ1n) is 4.96. The van der Waals surface area contributed by atoms with E-state index in [9.17, 15) is 9.90 Å². The van der Waals surface area contributed by atoms with Gasteiger partial charge in [0.25, 0.3) is 0 Å². The van der Waals surface area contributed by atoms with Gasteiger partial charge in [0.1, 0.15) is 0 Å². The number of thiophene rings is 1. The largest absolute Gasteiger partial charge is 0.479 e. The van der Waals surface area contributed by atoms with Gasteiger partial charge in [0.15, 0.2) is 6.04 Å². The van der Waals surface area contributed by atoms with E-state index in [-0.39, 0.29) is 0 Å². The predicted molar refractivity (Wildman–Crippen MR) is 72.5 cm³/mol. The zero-order valence-electron chi connectivity index (χ0n) is 8.76. The Labute approximate surface area is 111 Å². The predicted octanol–water partition coefficient (Wildman–Crippen LogP) is 3.75. The Bertz CT molecular complexity index is 513. The summed E-state index contributed by atoms with van der Waals surface area (Å²) < 4.78 is 0.850. The van der Waals surface area contributed by atoms with Crippen molar-refractivity contribution in [3.05, 3.63) is 51.1 Å². The number of aliphatic carboxylic acids is 1. The molecule has 5 heteroatoms. The lowest BCUT2D eigenvalue weighted by atomic mass is 10.2. The van der Waals surface area contributed by atoms with E-state index in [1.165, 1.54) is 11.3 Å². The fourth-order valence-electron chi connectivity index (χ4n) is 1.44. The maximum absolute atomic E-state index is 11.2. The van der Waals surface area contributed by atoms with Gasteiger partial charge in [-0.2, -0.15) is 0 Å². The third-order valence-electron chi connectivity index (χ3n) is 2.25. The molecule has 1 unspecified atom stereocenters. The first-order chi connectivity index (χ1) is 8.18. The lowest BCUT2D eigenvalue weighted by Gasteiger charge is -2.15. The number of halogens is 1. The standard InChI is InChI=1S/C12H10BrNO2S/c13-8-4-1-2-5-9(8)14-11(12(15)16)10-6-3-7-17-10/h1-7,11,14H,(H,15,16). The van der Waals surface area contributed by atoms with Crippen molar-refractivity contribution in [3.8, 4) is 0 Å². The van der Waals surface area contributed by atoms with Crippen molar-refractivity contribution in [2.45, 2.75) is 6.04 Å².